The van der Waals surface area contributed by atoms with Crippen LogP contribution < -0.4 is 14.7 Å². The van der Waals surface area contributed by atoms with E-state index in [1.54, 1.807) is 0 Å². The second kappa shape index (κ2) is 15.6. The molecule has 23 heavy (non-hydrogen) atoms. The predicted molar refractivity (Wildman–Crippen MR) is 68.8 cm³/mol. The summed E-state index contributed by atoms with van der Waals surface area (Å²) in [6, 6.07) is 0. The minimum Gasteiger partial charge on any atom is -0.854 e. The molecule has 0 atom stereocenters. The Balaban J connectivity index is -0.000000327. The molecule has 0 amide bonds. The van der Waals surface area contributed by atoms with Crippen LogP contribution in [0.15, 0.2) is 29.7 Å². The third-order valence-electron chi connectivity index (χ3n) is 2.23. The van der Waals surface area contributed by atoms with Crippen LogP contribution in [0.3, 0.4) is 0 Å². The fourth-order valence-electron chi connectivity index (χ4n) is 0.997. The molecule has 11 heteroatoms. The second-order valence-corrected chi connectivity index (χ2v) is 3.97. The Hall–Kier alpha value is -1.27. The van der Waals surface area contributed by atoms with Crippen molar-refractivity contribution >= 4 is 20.5 Å². The number of carbonyl (C=O) groups excluding carboxylic acids is 2. The van der Waals surface area contributed by atoms with Crippen LogP contribution in [-0.4, -0.2) is 45.5 Å². The van der Waals surface area contributed by atoms with Crippen molar-refractivity contribution in [2.45, 2.75) is 6.42 Å². The van der Waals surface area contributed by atoms with Gasteiger partial charge in [-0.1, -0.05) is 0 Å². The van der Waals surface area contributed by atoms with Gasteiger partial charge in [-0.2, -0.15) is 6.08 Å². The zero-order valence-corrected chi connectivity index (χ0v) is 13.6. The Morgan fingerprint density at radius 1 is 1.13 bits per heavy atom. The van der Waals surface area contributed by atoms with E-state index >= 15 is 0 Å². The molecule has 0 aromatic carbocycles. The molecular weight excluding hydrogens is 374 g/mol. The zero-order chi connectivity index (χ0) is 17.6. The molecule has 0 aliphatic heterocycles. The Bertz CT molecular complexity index is 434. The normalized spacial score (nSPS) is 11.0. The third-order valence-corrected chi connectivity index (χ3v) is 2.23. The number of allylic oxidation sites excluding steroid dienone is 4. The van der Waals surface area contributed by atoms with Crippen molar-refractivity contribution in [3.05, 3.63) is 35.8 Å². The summed E-state index contributed by atoms with van der Waals surface area (Å²) in [5, 5.41) is 35.2. The van der Waals surface area contributed by atoms with Crippen LogP contribution in [-0.2, 0) is 26.7 Å². The van der Waals surface area contributed by atoms with Gasteiger partial charge < -0.3 is 43.7 Å². The second-order valence-electron chi connectivity index (χ2n) is 3.53. The Morgan fingerprint density at radius 2 is 1.52 bits per heavy atom. The Kier molecular flexibility index (Phi) is 18.1. The van der Waals surface area contributed by atoms with Crippen molar-refractivity contribution in [3.63, 3.8) is 0 Å². The van der Waals surface area contributed by atoms with E-state index in [1.165, 1.54) is 0 Å². The van der Waals surface area contributed by atoms with Crippen molar-refractivity contribution in [1.29, 1.82) is 0 Å². The molecule has 1 rings (SSSR count). The van der Waals surface area contributed by atoms with E-state index in [2.05, 4.69) is 12.2 Å². The van der Waals surface area contributed by atoms with Gasteiger partial charge in [-0.25, -0.2) is 21.7 Å². The summed E-state index contributed by atoms with van der Waals surface area (Å²) in [6.07, 6.45) is 10.0. The quantitative estimate of drug-likeness (QED) is 0.129. The third kappa shape index (κ3) is 11.0. The van der Waals surface area contributed by atoms with Gasteiger partial charge in [-0.3, -0.25) is 6.08 Å². The van der Waals surface area contributed by atoms with Crippen molar-refractivity contribution in [2.24, 2.45) is 5.41 Å². The minimum absolute atomic E-state index is 0. The first-order valence-electron chi connectivity index (χ1n) is 5.46. The molecule has 0 aromatic rings. The molecule has 9 nitrogen and oxygen atoms in total. The van der Waals surface area contributed by atoms with E-state index in [-0.39, 0.29) is 17.1 Å². The molecule has 0 saturated heterocycles. The molecule has 1 aliphatic rings. The SMILES string of the molecule is O=C=C(O)C(CO)(CO)C(O)=C=O.[C-]1=CC=CC1.[Mn+3].[O-]P([O-])[O-]. The zero-order valence-electron chi connectivity index (χ0n) is 11.5. The van der Waals surface area contributed by atoms with Gasteiger partial charge in [0.1, 0.15) is 0 Å². The molecule has 0 heterocycles. The summed E-state index contributed by atoms with van der Waals surface area (Å²) in [7, 11) is -3.37. The smallest absolute Gasteiger partial charge is 0.854 e. The largest absolute Gasteiger partial charge is 3.00 e. The van der Waals surface area contributed by atoms with Gasteiger partial charge in [-0.15, -0.1) is 6.42 Å². The van der Waals surface area contributed by atoms with Gasteiger partial charge in [-0.05, 0) is 0 Å². The fraction of sp³-hybridized carbons (Fsp3) is 0.333. The molecule has 0 fully saturated rings. The number of hydrogen-bond acceptors (Lipinski definition) is 9. The van der Waals surface area contributed by atoms with E-state index in [0.29, 0.717) is 0 Å². The maximum absolute atomic E-state index is 10.0. The Morgan fingerprint density at radius 3 is 1.65 bits per heavy atom. The topological polar surface area (TPSA) is 184 Å². The van der Waals surface area contributed by atoms with Gasteiger partial charge in [0.15, 0.2) is 28.8 Å². The summed E-state index contributed by atoms with van der Waals surface area (Å²) in [6.45, 7) is -2.02. The van der Waals surface area contributed by atoms with Crippen molar-refractivity contribution in [2.75, 3.05) is 13.2 Å². The molecule has 0 aromatic heterocycles. The molecule has 0 radical (unpaired) electrons. The van der Waals surface area contributed by atoms with Gasteiger partial charge in [0, 0.05) is 0 Å². The predicted octanol–water partition coefficient (Wildman–Crippen LogP) is -2.90. The number of hydrogen-bond donors (Lipinski definition) is 4. The van der Waals surface area contributed by atoms with Crippen molar-refractivity contribution in [3.8, 4) is 0 Å². The standard InChI is InChI=1S/C7H8O6.C5H5.Mn.O3P/c8-1-5(12)7(3-10,4-11)6(13)2-9;1-2-4-5-3-1;;1-4(2)3/h10-13H,3-4H2;1-3H,4H2;;/q;-1;+3;-3. The van der Waals surface area contributed by atoms with Crippen LogP contribution in [0, 0.1) is 11.5 Å². The first kappa shape index (κ1) is 26.6. The van der Waals surface area contributed by atoms with E-state index in [4.69, 9.17) is 35.1 Å². The van der Waals surface area contributed by atoms with Crippen LogP contribution >= 0.6 is 8.60 Å². The average Bonchev–Trinajstić information content (AvgIpc) is 3.07. The van der Waals surface area contributed by atoms with Gasteiger partial charge in [0.2, 0.25) is 0 Å². The van der Waals surface area contributed by atoms with E-state index in [9.17, 15) is 9.59 Å². The van der Waals surface area contributed by atoms with Crippen LogP contribution in [0.1, 0.15) is 6.42 Å². The average molecular weight is 387 g/mol. The summed E-state index contributed by atoms with van der Waals surface area (Å²) < 4.78 is 0. The summed E-state index contributed by atoms with van der Waals surface area (Å²) in [5.41, 5.74) is -2.19. The van der Waals surface area contributed by atoms with Crippen LogP contribution in [0.4, 0.5) is 0 Å². The number of rotatable bonds is 4. The van der Waals surface area contributed by atoms with E-state index < -0.39 is 38.7 Å². The van der Waals surface area contributed by atoms with Gasteiger partial charge in [0.25, 0.3) is 0 Å². The van der Waals surface area contributed by atoms with Crippen LogP contribution in [0.25, 0.3) is 0 Å². The molecule has 0 unspecified atom stereocenters. The maximum atomic E-state index is 10.0. The maximum Gasteiger partial charge on any atom is 3.00 e. The molecule has 1 aliphatic carbocycles. The fourth-order valence-corrected chi connectivity index (χ4v) is 0.997. The minimum atomic E-state index is -3.37. The van der Waals surface area contributed by atoms with Crippen molar-refractivity contribution < 1.29 is 61.8 Å². The summed E-state index contributed by atoms with van der Waals surface area (Å²) >= 11 is 0. The Labute approximate surface area is 143 Å². The van der Waals surface area contributed by atoms with Gasteiger partial charge >= 0.3 is 17.1 Å². The molecule has 0 spiro atoms. The molecule has 4 N–H and O–H groups in total. The monoisotopic (exact) mass is 387 g/mol. The van der Waals surface area contributed by atoms with E-state index in [0.717, 1.165) is 18.3 Å². The molecule has 0 bridgehead atoms. The first-order chi connectivity index (χ1) is 10.3. The van der Waals surface area contributed by atoms with Crippen LogP contribution in [0.5, 0.6) is 0 Å². The number of aliphatic hydroxyl groups is 4. The number of aliphatic hydroxyl groups excluding tert-OH is 4. The first-order valence-corrected chi connectivity index (χ1v) is 6.56. The molecule has 0 saturated carbocycles. The van der Waals surface area contributed by atoms with Crippen molar-refractivity contribution in [1.82, 2.24) is 0 Å². The molecule has 128 valence electrons. The van der Waals surface area contributed by atoms with E-state index in [1.807, 2.05) is 12.2 Å². The summed E-state index contributed by atoms with van der Waals surface area (Å²) in [5.74, 6) is -0.378. The molecular formula is C12H13MnO9P-. The van der Waals surface area contributed by atoms with Crippen LogP contribution in [0.2, 0.25) is 0 Å². The van der Waals surface area contributed by atoms with Gasteiger partial charge in [0.05, 0.1) is 13.2 Å². The summed E-state index contributed by atoms with van der Waals surface area (Å²) in [4.78, 5) is 45.4.